The van der Waals surface area contributed by atoms with E-state index in [0.717, 1.165) is 6.54 Å². The Morgan fingerprint density at radius 1 is 1.29 bits per heavy atom. The fourth-order valence-corrected chi connectivity index (χ4v) is 4.31. The highest BCUT2D eigenvalue weighted by Crippen LogP contribution is 2.48. The van der Waals surface area contributed by atoms with Gasteiger partial charge in [0.25, 0.3) is 0 Å². The number of hydrogen-bond acceptors (Lipinski definition) is 2. The van der Waals surface area contributed by atoms with Gasteiger partial charge in [0.2, 0.25) is 0 Å². The second-order valence-corrected chi connectivity index (χ2v) is 6.71. The van der Waals surface area contributed by atoms with E-state index in [-0.39, 0.29) is 0 Å². The van der Waals surface area contributed by atoms with Crippen molar-refractivity contribution in [3.63, 3.8) is 0 Å². The van der Waals surface area contributed by atoms with Crippen LogP contribution in [0.4, 0.5) is 0 Å². The summed E-state index contributed by atoms with van der Waals surface area (Å²) < 4.78 is 0. The molecule has 1 aliphatic rings. The van der Waals surface area contributed by atoms with Gasteiger partial charge in [-0.15, -0.1) is 11.3 Å². The minimum atomic E-state index is 0.478. The van der Waals surface area contributed by atoms with Crippen LogP contribution in [-0.4, -0.2) is 6.54 Å². The molecule has 0 bridgehead atoms. The van der Waals surface area contributed by atoms with Crippen molar-refractivity contribution in [1.29, 1.82) is 0 Å². The highest BCUT2D eigenvalue weighted by Gasteiger charge is 2.37. The van der Waals surface area contributed by atoms with Crippen molar-refractivity contribution in [2.24, 2.45) is 5.41 Å². The first-order valence-electron chi connectivity index (χ1n) is 7.01. The van der Waals surface area contributed by atoms with E-state index >= 15 is 0 Å². The molecule has 1 nitrogen and oxygen atoms in total. The number of rotatable bonds is 5. The second-order valence-electron chi connectivity index (χ2n) is 5.51. The summed E-state index contributed by atoms with van der Waals surface area (Å²) in [4.78, 5) is 3.07. The number of hydrogen-bond donors (Lipinski definition) is 1. The molecule has 0 radical (unpaired) electrons. The quantitative estimate of drug-likeness (QED) is 0.810. The summed E-state index contributed by atoms with van der Waals surface area (Å²) in [6.07, 6.45) is 6.74. The van der Waals surface area contributed by atoms with Gasteiger partial charge in [-0.25, -0.2) is 0 Å². The normalized spacial score (nSPS) is 20.6. The number of nitrogens with one attached hydrogen (secondary N) is 1. The Bertz CT molecular complexity index is 350. The fourth-order valence-electron chi connectivity index (χ4n) is 3.11. The molecule has 96 valence electrons. The molecular formula is C15H25NS. The maximum absolute atomic E-state index is 3.73. The lowest BCUT2D eigenvalue weighted by atomic mass is 9.80. The summed E-state index contributed by atoms with van der Waals surface area (Å²) in [5.41, 5.74) is 0.478. The van der Waals surface area contributed by atoms with Gasteiger partial charge in [-0.1, -0.05) is 33.6 Å². The third-order valence-electron chi connectivity index (χ3n) is 4.17. The third-order valence-corrected chi connectivity index (χ3v) is 5.46. The molecule has 1 N–H and O–H groups in total. The molecule has 0 amide bonds. The van der Waals surface area contributed by atoms with Gasteiger partial charge >= 0.3 is 0 Å². The molecular weight excluding hydrogens is 226 g/mol. The molecule has 2 heteroatoms. The molecule has 17 heavy (non-hydrogen) atoms. The van der Waals surface area contributed by atoms with Crippen molar-refractivity contribution in [2.45, 2.75) is 58.9 Å². The van der Waals surface area contributed by atoms with E-state index < -0.39 is 0 Å². The lowest BCUT2D eigenvalue weighted by molar-refractivity contribution is 0.229. The van der Waals surface area contributed by atoms with Crippen LogP contribution in [0, 0.1) is 5.41 Å². The molecule has 1 atom stereocenters. The Kier molecular flexibility index (Phi) is 4.26. The van der Waals surface area contributed by atoms with Crippen LogP contribution in [0.3, 0.4) is 0 Å². The van der Waals surface area contributed by atoms with Crippen LogP contribution in [0.15, 0.2) is 12.1 Å². The standard InChI is InChI=1S/C15H25NS/c1-4-12-8-9-13(17-12)14(16-5-2)15(3)10-6-7-11-15/h8-9,14,16H,4-7,10-11H2,1-3H3. The Labute approximate surface area is 110 Å². The van der Waals surface area contributed by atoms with Gasteiger partial charge in [-0.3, -0.25) is 0 Å². The van der Waals surface area contributed by atoms with E-state index in [9.17, 15) is 0 Å². The summed E-state index contributed by atoms with van der Waals surface area (Å²) in [6.45, 7) is 8.01. The first-order chi connectivity index (χ1) is 8.19. The number of thiophene rings is 1. The molecule has 1 aliphatic carbocycles. The van der Waals surface area contributed by atoms with Crippen molar-refractivity contribution in [2.75, 3.05) is 6.54 Å². The molecule has 1 saturated carbocycles. The first kappa shape index (κ1) is 13.1. The summed E-state index contributed by atoms with van der Waals surface area (Å²) >= 11 is 2.00. The smallest absolute Gasteiger partial charge is 0.0469 e. The Balaban J connectivity index is 2.21. The van der Waals surface area contributed by atoms with Gasteiger partial charge < -0.3 is 5.32 Å². The molecule has 0 spiro atoms. The highest BCUT2D eigenvalue weighted by atomic mass is 32.1. The summed E-state index contributed by atoms with van der Waals surface area (Å²) in [6, 6.07) is 5.23. The van der Waals surface area contributed by atoms with E-state index in [0.29, 0.717) is 11.5 Å². The fraction of sp³-hybridized carbons (Fsp3) is 0.733. The molecule has 1 aromatic heterocycles. The SMILES string of the molecule is CCNC(c1ccc(CC)s1)C1(C)CCCC1. The predicted octanol–water partition coefficient (Wildman–Crippen LogP) is 4.54. The van der Waals surface area contributed by atoms with Crippen LogP contribution in [0.1, 0.15) is 62.3 Å². The zero-order valence-electron chi connectivity index (χ0n) is 11.4. The molecule has 0 aromatic carbocycles. The van der Waals surface area contributed by atoms with Crippen LogP contribution in [0.25, 0.3) is 0 Å². The van der Waals surface area contributed by atoms with Crippen molar-refractivity contribution < 1.29 is 0 Å². The third kappa shape index (κ3) is 2.74. The summed E-state index contributed by atoms with van der Waals surface area (Å²) in [7, 11) is 0. The average Bonchev–Trinajstić information content (AvgIpc) is 2.95. The molecule has 0 aliphatic heterocycles. The Morgan fingerprint density at radius 2 is 2.00 bits per heavy atom. The molecule has 2 rings (SSSR count). The van der Waals surface area contributed by atoms with Gasteiger partial charge in [0.05, 0.1) is 0 Å². The summed E-state index contributed by atoms with van der Waals surface area (Å²) in [5, 5.41) is 3.73. The minimum absolute atomic E-state index is 0.478. The first-order valence-corrected chi connectivity index (χ1v) is 7.83. The Morgan fingerprint density at radius 3 is 2.53 bits per heavy atom. The second kappa shape index (κ2) is 5.53. The Hall–Kier alpha value is -0.340. The van der Waals surface area contributed by atoms with Gasteiger partial charge in [-0.05, 0) is 43.4 Å². The van der Waals surface area contributed by atoms with Crippen LogP contribution in [0.5, 0.6) is 0 Å². The monoisotopic (exact) mass is 251 g/mol. The van der Waals surface area contributed by atoms with E-state index in [4.69, 9.17) is 0 Å². The summed E-state index contributed by atoms with van der Waals surface area (Å²) in [5.74, 6) is 0. The van der Waals surface area contributed by atoms with Crippen molar-refractivity contribution >= 4 is 11.3 Å². The average molecular weight is 251 g/mol. The van der Waals surface area contributed by atoms with Gasteiger partial charge in [0.15, 0.2) is 0 Å². The predicted molar refractivity (Wildman–Crippen MR) is 76.7 cm³/mol. The van der Waals surface area contributed by atoms with Gasteiger partial charge in [-0.2, -0.15) is 0 Å². The lowest BCUT2D eigenvalue weighted by Crippen LogP contribution is -2.33. The molecule has 1 heterocycles. The maximum Gasteiger partial charge on any atom is 0.0469 e. The zero-order chi connectivity index (χ0) is 12.3. The minimum Gasteiger partial charge on any atom is -0.309 e. The molecule has 1 unspecified atom stereocenters. The van der Waals surface area contributed by atoms with Crippen LogP contribution >= 0.6 is 11.3 Å². The lowest BCUT2D eigenvalue weighted by Gasteiger charge is -2.34. The highest BCUT2D eigenvalue weighted by molar-refractivity contribution is 7.12. The van der Waals surface area contributed by atoms with Crippen LogP contribution < -0.4 is 5.32 Å². The van der Waals surface area contributed by atoms with E-state index in [1.54, 1.807) is 4.88 Å². The van der Waals surface area contributed by atoms with Crippen molar-refractivity contribution in [3.8, 4) is 0 Å². The van der Waals surface area contributed by atoms with E-state index in [2.05, 4.69) is 38.2 Å². The molecule has 1 aromatic rings. The van der Waals surface area contributed by atoms with Gasteiger partial charge in [0, 0.05) is 15.8 Å². The molecule has 1 fully saturated rings. The van der Waals surface area contributed by atoms with Crippen LogP contribution in [0.2, 0.25) is 0 Å². The van der Waals surface area contributed by atoms with E-state index in [1.165, 1.54) is 37.0 Å². The number of aryl methyl sites for hydroxylation is 1. The van der Waals surface area contributed by atoms with Gasteiger partial charge in [0.1, 0.15) is 0 Å². The molecule has 0 saturated heterocycles. The zero-order valence-corrected chi connectivity index (χ0v) is 12.2. The maximum atomic E-state index is 3.73. The van der Waals surface area contributed by atoms with Crippen LogP contribution in [-0.2, 0) is 6.42 Å². The van der Waals surface area contributed by atoms with Crippen molar-refractivity contribution in [3.05, 3.63) is 21.9 Å². The van der Waals surface area contributed by atoms with Crippen molar-refractivity contribution in [1.82, 2.24) is 5.32 Å². The largest absolute Gasteiger partial charge is 0.309 e. The van der Waals surface area contributed by atoms with E-state index in [1.807, 2.05) is 11.3 Å². The topological polar surface area (TPSA) is 12.0 Å².